The zero-order chi connectivity index (χ0) is 13.5. The number of amides is 1. The number of hydrogen-bond donors (Lipinski definition) is 2. The number of carbonyl (C=O) groups excluding carboxylic acids is 1. The van der Waals surface area contributed by atoms with Crippen LogP contribution in [0.25, 0.3) is 6.08 Å². The van der Waals surface area contributed by atoms with Crippen LogP contribution in [0.5, 0.6) is 0 Å². The van der Waals surface area contributed by atoms with Crippen LogP contribution in [0.15, 0.2) is 36.4 Å². The largest absolute Gasteiger partial charge is 0.360 e. The van der Waals surface area contributed by atoms with Crippen molar-refractivity contribution < 1.29 is 4.79 Å². The van der Waals surface area contributed by atoms with E-state index in [1.807, 2.05) is 30.3 Å². The number of benzene rings is 1. The fraction of sp³-hybridized carbons (Fsp3) is 0.333. The van der Waals surface area contributed by atoms with Gasteiger partial charge >= 0.3 is 0 Å². The molecule has 4 heteroatoms. The van der Waals surface area contributed by atoms with E-state index in [0.29, 0.717) is 11.2 Å². The summed E-state index contributed by atoms with van der Waals surface area (Å²) in [5.41, 5.74) is 0.993. The van der Waals surface area contributed by atoms with Gasteiger partial charge in [0.1, 0.15) is 0 Å². The summed E-state index contributed by atoms with van der Waals surface area (Å²) in [6, 6.07) is 10.1. The summed E-state index contributed by atoms with van der Waals surface area (Å²) in [4.78, 5) is 11.7. The smallest absolute Gasteiger partial charge is 0.250 e. The van der Waals surface area contributed by atoms with Gasteiger partial charge in [-0.15, -0.1) is 0 Å². The molecule has 2 rings (SSSR count). The Balaban J connectivity index is 1.77. The summed E-state index contributed by atoms with van der Waals surface area (Å²) >= 11 is 5.12. The van der Waals surface area contributed by atoms with Gasteiger partial charge in [0.15, 0.2) is 5.11 Å². The average Bonchev–Trinajstić information content (AvgIpc) is 2.90. The van der Waals surface area contributed by atoms with E-state index >= 15 is 0 Å². The third kappa shape index (κ3) is 4.83. The number of hydrogen-bond acceptors (Lipinski definition) is 2. The maximum absolute atomic E-state index is 11.7. The highest BCUT2D eigenvalue weighted by molar-refractivity contribution is 7.80. The topological polar surface area (TPSA) is 41.1 Å². The molecule has 1 aliphatic carbocycles. The van der Waals surface area contributed by atoms with Gasteiger partial charge in [0.05, 0.1) is 0 Å². The van der Waals surface area contributed by atoms with Crippen LogP contribution in [0.3, 0.4) is 0 Å². The zero-order valence-electron chi connectivity index (χ0n) is 10.8. The number of nitrogens with one attached hydrogen (secondary N) is 2. The Morgan fingerprint density at radius 1 is 1.21 bits per heavy atom. The van der Waals surface area contributed by atoms with E-state index in [0.717, 1.165) is 18.4 Å². The van der Waals surface area contributed by atoms with Crippen LogP contribution < -0.4 is 10.6 Å². The third-order valence-corrected chi connectivity index (χ3v) is 3.37. The summed E-state index contributed by atoms with van der Waals surface area (Å²) < 4.78 is 0. The predicted octanol–water partition coefficient (Wildman–Crippen LogP) is 2.63. The molecule has 2 N–H and O–H groups in total. The van der Waals surface area contributed by atoms with Crippen LogP contribution in [0.4, 0.5) is 0 Å². The van der Waals surface area contributed by atoms with Crippen molar-refractivity contribution in [1.82, 2.24) is 10.6 Å². The summed E-state index contributed by atoms with van der Waals surface area (Å²) in [6.07, 6.45) is 8.02. The zero-order valence-corrected chi connectivity index (χ0v) is 11.6. The lowest BCUT2D eigenvalue weighted by molar-refractivity contribution is -0.115. The molecule has 3 nitrogen and oxygen atoms in total. The fourth-order valence-electron chi connectivity index (χ4n) is 2.18. The molecule has 1 aliphatic rings. The fourth-order valence-corrected chi connectivity index (χ4v) is 2.45. The minimum atomic E-state index is -0.195. The van der Waals surface area contributed by atoms with E-state index in [2.05, 4.69) is 10.6 Å². The Kier molecular flexibility index (Phi) is 5.10. The van der Waals surface area contributed by atoms with Crippen molar-refractivity contribution in [3.63, 3.8) is 0 Å². The lowest BCUT2D eigenvalue weighted by atomic mass is 10.2. The first-order valence-electron chi connectivity index (χ1n) is 6.58. The van der Waals surface area contributed by atoms with E-state index in [1.54, 1.807) is 6.08 Å². The van der Waals surface area contributed by atoms with Crippen molar-refractivity contribution in [1.29, 1.82) is 0 Å². The molecule has 0 spiro atoms. The Hall–Kier alpha value is -1.68. The van der Waals surface area contributed by atoms with Crippen LogP contribution in [0.2, 0.25) is 0 Å². The molecule has 100 valence electrons. The van der Waals surface area contributed by atoms with Gasteiger partial charge in [0.25, 0.3) is 0 Å². The van der Waals surface area contributed by atoms with Crippen molar-refractivity contribution in [3.8, 4) is 0 Å². The van der Waals surface area contributed by atoms with Crippen molar-refractivity contribution in [2.75, 3.05) is 0 Å². The van der Waals surface area contributed by atoms with Gasteiger partial charge in [0, 0.05) is 12.1 Å². The molecule has 0 aliphatic heterocycles. The first kappa shape index (κ1) is 13.7. The quantitative estimate of drug-likeness (QED) is 0.657. The van der Waals surface area contributed by atoms with Crippen molar-refractivity contribution in [2.45, 2.75) is 31.7 Å². The van der Waals surface area contributed by atoms with E-state index in [9.17, 15) is 4.79 Å². The summed E-state index contributed by atoms with van der Waals surface area (Å²) in [5, 5.41) is 6.27. The average molecular weight is 274 g/mol. The Morgan fingerprint density at radius 2 is 1.89 bits per heavy atom. The van der Waals surface area contributed by atoms with Crippen molar-refractivity contribution in [3.05, 3.63) is 42.0 Å². The molecular formula is C15H18N2OS. The molecule has 0 atom stereocenters. The molecule has 0 saturated heterocycles. The molecule has 19 heavy (non-hydrogen) atoms. The lowest BCUT2D eigenvalue weighted by Gasteiger charge is -2.13. The molecule has 1 aromatic carbocycles. The van der Waals surface area contributed by atoms with Gasteiger partial charge < -0.3 is 5.32 Å². The van der Waals surface area contributed by atoms with E-state index in [4.69, 9.17) is 12.2 Å². The molecule has 0 radical (unpaired) electrons. The van der Waals surface area contributed by atoms with E-state index < -0.39 is 0 Å². The van der Waals surface area contributed by atoms with Crippen LogP contribution in [-0.2, 0) is 4.79 Å². The SMILES string of the molecule is O=C(/C=C\c1ccccc1)NC(=S)NC1CCCC1. The Morgan fingerprint density at radius 3 is 2.58 bits per heavy atom. The molecule has 1 fully saturated rings. The molecular weight excluding hydrogens is 256 g/mol. The van der Waals surface area contributed by atoms with Gasteiger partial charge in [-0.05, 0) is 36.7 Å². The van der Waals surface area contributed by atoms with Gasteiger partial charge in [-0.25, -0.2) is 0 Å². The van der Waals surface area contributed by atoms with Gasteiger partial charge in [0.2, 0.25) is 5.91 Å². The first-order valence-corrected chi connectivity index (χ1v) is 6.99. The van der Waals surface area contributed by atoms with E-state index in [1.165, 1.54) is 18.9 Å². The second kappa shape index (κ2) is 7.04. The van der Waals surface area contributed by atoms with E-state index in [-0.39, 0.29) is 5.91 Å². The molecule has 1 saturated carbocycles. The highest BCUT2D eigenvalue weighted by Gasteiger charge is 2.15. The first-order chi connectivity index (χ1) is 9.24. The normalized spacial score (nSPS) is 15.6. The highest BCUT2D eigenvalue weighted by Crippen LogP contribution is 2.17. The standard InChI is InChI=1S/C15H18N2OS/c18-14(11-10-12-6-2-1-3-7-12)17-15(19)16-13-8-4-5-9-13/h1-3,6-7,10-11,13H,4-5,8-9H2,(H2,16,17,18,19)/b11-10-. The predicted molar refractivity (Wildman–Crippen MR) is 81.6 cm³/mol. The van der Waals surface area contributed by atoms with Crippen LogP contribution in [0.1, 0.15) is 31.2 Å². The number of rotatable bonds is 3. The van der Waals surface area contributed by atoms with Gasteiger partial charge in [-0.3, -0.25) is 10.1 Å². The molecule has 0 bridgehead atoms. The minimum absolute atomic E-state index is 0.195. The third-order valence-electron chi connectivity index (χ3n) is 3.15. The monoisotopic (exact) mass is 274 g/mol. The molecule has 0 unspecified atom stereocenters. The second-order valence-corrected chi connectivity index (χ2v) is 5.10. The van der Waals surface area contributed by atoms with Gasteiger partial charge in [-0.1, -0.05) is 43.2 Å². The summed E-state index contributed by atoms with van der Waals surface area (Å²) in [7, 11) is 0. The lowest BCUT2D eigenvalue weighted by Crippen LogP contribution is -2.42. The maximum Gasteiger partial charge on any atom is 0.250 e. The number of thiocarbonyl (C=S) groups is 1. The minimum Gasteiger partial charge on any atom is -0.360 e. The van der Waals surface area contributed by atoms with Crippen LogP contribution in [0, 0.1) is 0 Å². The highest BCUT2D eigenvalue weighted by atomic mass is 32.1. The van der Waals surface area contributed by atoms with Crippen molar-refractivity contribution >= 4 is 29.3 Å². The molecule has 1 amide bonds. The second-order valence-electron chi connectivity index (χ2n) is 4.69. The molecule has 0 aromatic heterocycles. The Bertz CT molecular complexity index is 464. The number of carbonyl (C=O) groups is 1. The van der Waals surface area contributed by atoms with Gasteiger partial charge in [-0.2, -0.15) is 0 Å². The summed E-state index contributed by atoms with van der Waals surface area (Å²) in [6.45, 7) is 0. The van der Waals surface area contributed by atoms with Crippen molar-refractivity contribution in [2.24, 2.45) is 0 Å². The Labute approximate surface area is 119 Å². The van der Waals surface area contributed by atoms with Crippen LogP contribution in [-0.4, -0.2) is 17.1 Å². The maximum atomic E-state index is 11.7. The summed E-state index contributed by atoms with van der Waals surface area (Å²) in [5.74, 6) is -0.195. The molecule has 0 heterocycles. The molecule has 1 aromatic rings. The van der Waals surface area contributed by atoms with Crippen LogP contribution >= 0.6 is 12.2 Å².